The van der Waals surface area contributed by atoms with Crippen molar-refractivity contribution in [3.8, 4) is 0 Å². The van der Waals surface area contributed by atoms with Crippen LogP contribution < -0.4 is 15.1 Å². The third kappa shape index (κ3) is 6.64. The number of alkyl carbamates (subject to hydrolysis) is 1. The first-order valence-corrected chi connectivity index (χ1v) is 14.3. The number of anilines is 2. The molecule has 1 aliphatic rings. The molecule has 5 rings (SSSR count). The van der Waals surface area contributed by atoms with Crippen molar-refractivity contribution in [3.63, 3.8) is 0 Å². The number of carbonyl (C=O) groups excluding carboxylic acids is 3. The summed E-state index contributed by atoms with van der Waals surface area (Å²) in [4.78, 5) is 49.1. The Kier molecular flexibility index (Phi) is 8.96. The number of nitrogens with zero attached hydrogens (tertiary/aromatic N) is 3. The predicted molar refractivity (Wildman–Crippen MR) is 168 cm³/mol. The molecule has 8 nitrogen and oxygen atoms in total. The van der Waals surface area contributed by atoms with Crippen molar-refractivity contribution < 1.29 is 19.1 Å². The average Bonchev–Trinajstić information content (AvgIpc) is 3.13. The summed E-state index contributed by atoms with van der Waals surface area (Å²) < 4.78 is 5.63. The molecule has 4 aromatic rings. The highest BCUT2D eigenvalue weighted by molar-refractivity contribution is 6.21. The van der Waals surface area contributed by atoms with Crippen molar-refractivity contribution in [2.45, 2.75) is 39.1 Å². The quantitative estimate of drug-likeness (QED) is 0.274. The zero-order valence-electron chi connectivity index (χ0n) is 24.4. The zero-order valence-corrected chi connectivity index (χ0v) is 24.4. The summed E-state index contributed by atoms with van der Waals surface area (Å²) in [6.07, 6.45) is -2.69. The number of hydrogen-bond donors (Lipinski definition) is 1. The van der Waals surface area contributed by atoms with Crippen LogP contribution in [0.15, 0.2) is 120 Å². The number of aliphatic imine (C=N–C) groups is 1. The van der Waals surface area contributed by atoms with Crippen molar-refractivity contribution in [2.75, 3.05) is 16.3 Å². The maximum absolute atomic E-state index is 14.2. The predicted octanol–water partition coefficient (Wildman–Crippen LogP) is 6.13. The monoisotopic (exact) mass is 574 g/mol. The van der Waals surface area contributed by atoms with Gasteiger partial charge in [0.25, 0.3) is 5.91 Å². The molecule has 218 valence electrons. The SMILES string of the molecule is CC(C)N(C(=O)CN1C(=O)[C@H](NC(=O)O[C@H](C)c2ccccc2)N=C(c2ccccc2)c2ccccc21)c1ccccc1. The first-order chi connectivity index (χ1) is 20.8. The number of ether oxygens (including phenoxy) is 1. The lowest BCUT2D eigenvalue weighted by atomic mass is 10.0. The molecule has 1 N–H and O–H groups in total. The molecule has 0 spiro atoms. The number of benzene rings is 4. The third-order valence-corrected chi connectivity index (χ3v) is 7.18. The van der Waals surface area contributed by atoms with Crippen molar-refractivity contribution in [3.05, 3.63) is 132 Å². The van der Waals surface area contributed by atoms with Gasteiger partial charge in [-0.1, -0.05) is 97.1 Å². The maximum atomic E-state index is 14.2. The topological polar surface area (TPSA) is 91.3 Å². The Hall–Kier alpha value is -5.24. The molecule has 0 bridgehead atoms. The molecule has 0 unspecified atom stereocenters. The van der Waals surface area contributed by atoms with Crippen LogP contribution in [0.1, 0.15) is 43.6 Å². The van der Waals surface area contributed by atoms with Crippen molar-refractivity contribution in [2.24, 2.45) is 4.99 Å². The van der Waals surface area contributed by atoms with E-state index in [2.05, 4.69) is 5.32 Å². The van der Waals surface area contributed by atoms with Gasteiger partial charge in [-0.3, -0.25) is 19.8 Å². The fourth-order valence-electron chi connectivity index (χ4n) is 5.14. The van der Waals surface area contributed by atoms with E-state index < -0.39 is 24.3 Å². The molecule has 0 saturated carbocycles. The summed E-state index contributed by atoms with van der Waals surface area (Å²) in [5.41, 5.74) is 4.02. The second-order valence-corrected chi connectivity index (χ2v) is 10.5. The van der Waals surface area contributed by atoms with Gasteiger partial charge in [-0.25, -0.2) is 9.79 Å². The van der Waals surface area contributed by atoms with Crippen LogP contribution in [-0.2, 0) is 14.3 Å². The number of benzodiazepines with no additional fused rings is 1. The molecule has 4 aromatic carbocycles. The van der Waals surface area contributed by atoms with Gasteiger partial charge >= 0.3 is 6.09 Å². The second-order valence-electron chi connectivity index (χ2n) is 10.5. The van der Waals surface area contributed by atoms with Gasteiger partial charge in [-0.15, -0.1) is 0 Å². The minimum Gasteiger partial charge on any atom is -0.442 e. The molecule has 2 atom stereocenters. The summed E-state index contributed by atoms with van der Waals surface area (Å²) in [7, 11) is 0. The normalized spacial score (nSPS) is 15.2. The number of rotatable bonds is 8. The smallest absolute Gasteiger partial charge is 0.409 e. The fourth-order valence-corrected chi connectivity index (χ4v) is 5.14. The molecule has 0 saturated heterocycles. The van der Waals surface area contributed by atoms with Gasteiger partial charge in [0.05, 0.1) is 11.4 Å². The Bertz CT molecular complexity index is 1610. The molecule has 3 amide bonds. The van der Waals surface area contributed by atoms with E-state index in [-0.39, 0.29) is 18.5 Å². The summed E-state index contributed by atoms with van der Waals surface area (Å²) in [5.74, 6) is -0.820. The van der Waals surface area contributed by atoms with Crippen LogP contribution >= 0.6 is 0 Å². The first kappa shape index (κ1) is 29.3. The number of fused-ring (bicyclic) bond motifs is 1. The largest absolute Gasteiger partial charge is 0.442 e. The van der Waals surface area contributed by atoms with E-state index in [0.717, 1.165) is 16.8 Å². The average molecular weight is 575 g/mol. The fraction of sp³-hybridized carbons (Fsp3) is 0.200. The molecule has 0 fully saturated rings. The molecule has 8 heteroatoms. The van der Waals surface area contributed by atoms with Gasteiger partial charge in [0.15, 0.2) is 0 Å². The summed E-state index contributed by atoms with van der Waals surface area (Å²) in [6.45, 7) is 5.35. The van der Waals surface area contributed by atoms with Crippen LogP contribution in [0.3, 0.4) is 0 Å². The lowest BCUT2D eigenvalue weighted by molar-refractivity contribution is -0.123. The molecule has 1 heterocycles. The number of carbonyl (C=O) groups is 3. The highest BCUT2D eigenvalue weighted by Crippen LogP contribution is 2.29. The van der Waals surface area contributed by atoms with Gasteiger partial charge in [-0.2, -0.15) is 0 Å². The highest BCUT2D eigenvalue weighted by Gasteiger charge is 2.36. The Morgan fingerprint density at radius 1 is 0.837 bits per heavy atom. The Labute approximate surface area is 251 Å². The van der Waals surface area contributed by atoms with Crippen molar-refractivity contribution in [1.29, 1.82) is 0 Å². The van der Waals surface area contributed by atoms with Crippen LogP contribution in [0.4, 0.5) is 16.2 Å². The van der Waals surface area contributed by atoms with E-state index in [1.54, 1.807) is 17.9 Å². The van der Waals surface area contributed by atoms with Gasteiger partial charge in [-0.05, 0) is 44.5 Å². The third-order valence-electron chi connectivity index (χ3n) is 7.18. The lowest BCUT2D eigenvalue weighted by Crippen LogP contribution is -2.51. The minimum absolute atomic E-state index is 0.160. The van der Waals surface area contributed by atoms with E-state index >= 15 is 0 Å². The van der Waals surface area contributed by atoms with Gasteiger partial charge in [0, 0.05) is 22.9 Å². The number of hydrogen-bond acceptors (Lipinski definition) is 5. The van der Waals surface area contributed by atoms with Crippen LogP contribution in [0.5, 0.6) is 0 Å². The van der Waals surface area contributed by atoms with E-state index in [4.69, 9.17) is 9.73 Å². The lowest BCUT2D eigenvalue weighted by Gasteiger charge is -2.31. The summed E-state index contributed by atoms with van der Waals surface area (Å²) >= 11 is 0. The Morgan fingerprint density at radius 2 is 1.42 bits per heavy atom. The molecule has 0 aliphatic carbocycles. The van der Waals surface area contributed by atoms with Crippen LogP contribution in [-0.4, -0.2) is 42.4 Å². The summed E-state index contributed by atoms with van der Waals surface area (Å²) in [5, 5.41) is 2.67. The first-order valence-electron chi connectivity index (χ1n) is 14.3. The maximum Gasteiger partial charge on any atom is 0.409 e. The van der Waals surface area contributed by atoms with Crippen molar-refractivity contribution >= 4 is 35.0 Å². The van der Waals surface area contributed by atoms with Crippen LogP contribution in [0.25, 0.3) is 0 Å². The van der Waals surface area contributed by atoms with Crippen LogP contribution in [0, 0.1) is 0 Å². The number of nitrogens with one attached hydrogen (secondary N) is 1. The molecule has 0 aromatic heterocycles. The van der Waals surface area contributed by atoms with Crippen molar-refractivity contribution in [1.82, 2.24) is 5.32 Å². The molecule has 0 radical (unpaired) electrons. The standard InChI is InChI=1S/C35H34N4O4/c1-24(2)39(28-19-11-6-12-20-28)31(40)23-38-30-22-14-13-21-29(30)32(27-17-9-5-10-18-27)36-33(34(38)41)37-35(42)43-25(3)26-15-7-4-8-16-26/h4-22,24-25,33H,23H2,1-3H3,(H,37,42)/t25-,33+/m1/s1. The minimum atomic E-state index is -1.34. The molecule has 1 aliphatic heterocycles. The van der Waals surface area contributed by atoms with E-state index in [9.17, 15) is 14.4 Å². The van der Waals surface area contributed by atoms with E-state index in [1.165, 1.54) is 4.90 Å². The molecular formula is C35H34N4O4. The van der Waals surface area contributed by atoms with Gasteiger partial charge in [0.1, 0.15) is 12.6 Å². The van der Waals surface area contributed by atoms with Crippen LogP contribution in [0.2, 0.25) is 0 Å². The number of para-hydroxylation sites is 2. The van der Waals surface area contributed by atoms with Gasteiger partial charge < -0.3 is 9.64 Å². The molecular weight excluding hydrogens is 540 g/mol. The highest BCUT2D eigenvalue weighted by atomic mass is 16.6. The Morgan fingerprint density at radius 3 is 2.07 bits per heavy atom. The van der Waals surface area contributed by atoms with E-state index in [0.29, 0.717) is 17.0 Å². The zero-order chi connectivity index (χ0) is 30.3. The second kappa shape index (κ2) is 13.2. The molecule has 43 heavy (non-hydrogen) atoms. The summed E-state index contributed by atoms with van der Waals surface area (Å²) in [6, 6.07) is 35.3. The van der Waals surface area contributed by atoms with Gasteiger partial charge in [0.2, 0.25) is 12.1 Å². The Balaban J connectivity index is 1.51. The van der Waals surface area contributed by atoms with E-state index in [1.807, 2.05) is 123 Å². The number of amides is 3.